The summed E-state index contributed by atoms with van der Waals surface area (Å²) in [5, 5.41) is 18.4. The van der Waals surface area contributed by atoms with Crippen LogP contribution in [0.4, 0.5) is 11.4 Å². The van der Waals surface area contributed by atoms with Gasteiger partial charge in [-0.2, -0.15) is 10.2 Å². The third-order valence-corrected chi connectivity index (χ3v) is 3.01. The Morgan fingerprint density at radius 3 is 2.61 bits per heavy atom. The summed E-state index contributed by atoms with van der Waals surface area (Å²) in [5.74, 6) is -0.738. The van der Waals surface area contributed by atoms with E-state index in [1.54, 1.807) is 0 Å². The Balaban J connectivity index is 2.05. The Kier molecular flexibility index (Phi) is 4.69. The smallest absolute Gasteiger partial charge is 0.320 e. The first-order valence-corrected chi connectivity index (χ1v) is 6.67. The molecular formula is C14H16N6O3. The van der Waals surface area contributed by atoms with Crippen LogP contribution in [0.5, 0.6) is 0 Å². The number of benzene rings is 1. The number of nitrogens with zero attached hydrogens (tertiary/aromatic N) is 5. The highest BCUT2D eigenvalue weighted by atomic mass is 16.6. The van der Waals surface area contributed by atoms with E-state index in [-0.39, 0.29) is 11.4 Å². The predicted molar refractivity (Wildman–Crippen MR) is 85.7 cm³/mol. The number of carbonyl (C=O) groups excluding carboxylic acids is 1. The molecule has 2 rings (SSSR count). The summed E-state index contributed by atoms with van der Waals surface area (Å²) in [4.78, 5) is 24.1. The van der Waals surface area contributed by atoms with Crippen molar-refractivity contribution in [3.8, 4) is 0 Å². The summed E-state index contributed by atoms with van der Waals surface area (Å²) in [6, 6.07) is 7.50. The van der Waals surface area contributed by atoms with Crippen LogP contribution in [0.1, 0.15) is 16.1 Å². The van der Waals surface area contributed by atoms with E-state index >= 15 is 0 Å². The standard InChI is InChI=1S/C14H16N6O3/c1-18(2)11-6-4-10(5-7-11)8-15-16-14(21)13-12(20(22)23)9-19(3)17-13/h4-9H,1-3H3,(H,16,21). The van der Waals surface area contributed by atoms with E-state index in [4.69, 9.17) is 0 Å². The van der Waals surface area contributed by atoms with E-state index in [1.807, 2.05) is 43.3 Å². The summed E-state index contributed by atoms with van der Waals surface area (Å²) in [5.41, 5.74) is 3.41. The monoisotopic (exact) mass is 316 g/mol. The van der Waals surface area contributed by atoms with Crippen molar-refractivity contribution in [2.75, 3.05) is 19.0 Å². The van der Waals surface area contributed by atoms with Crippen LogP contribution in [-0.4, -0.2) is 40.9 Å². The van der Waals surface area contributed by atoms with Crippen LogP contribution in [-0.2, 0) is 7.05 Å². The molecule has 0 aliphatic carbocycles. The van der Waals surface area contributed by atoms with E-state index in [0.29, 0.717) is 0 Å². The minimum Gasteiger partial charge on any atom is -0.378 e. The second-order valence-electron chi connectivity index (χ2n) is 4.98. The van der Waals surface area contributed by atoms with Gasteiger partial charge in [0, 0.05) is 26.8 Å². The maximum atomic E-state index is 11.9. The molecule has 0 aliphatic rings. The first-order valence-electron chi connectivity index (χ1n) is 6.67. The summed E-state index contributed by atoms with van der Waals surface area (Å²) < 4.78 is 1.21. The molecule has 1 aromatic heterocycles. The fourth-order valence-electron chi connectivity index (χ4n) is 1.85. The van der Waals surface area contributed by atoms with E-state index < -0.39 is 10.8 Å². The molecule has 0 spiro atoms. The lowest BCUT2D eigenvalue weighted by atomic mass is 10.2. The summed E-state index contributed by atoms with van der Waals surface area (Å²) in [7, 11) is 5.37. The van der Waals surface area contributed by atoms with E-state index in [9.17, 15) is 14.9 Å². The minimum absolute atomic E-state index is 0.280. The average molecular weight is 316 g/mol. The van der Waals surface area contributed by atoms with Crippen LogP contribution in [0, 0.1) is 10.1 Å². The minimum atomic E-state index is -0.738. The van der Waals surface area contributed by atoms with Crippen LogP contribution in [0.15, 0.2) is 35.6 Å². The average Bonchev–Trinajstić information content (AvgIpc) is 2.90. The number of hydrazone groups is 1. The molecule has 1 aromatic carbocycles. The SMILES string of the molecule is CN(C)c1ccc(C=NNC(=O)c2nn(C)cc2[N+](=O)[O-])cc1. The van der Waals surface area contributed by atoms with Crippen molar-refractivity contribution < 1.29 is 9.72 Å². The number of hydrogen-bond donors (Lipinski definition) is 1. The Bertz CT molecular complexity index is 748. The topological polar surface area (TPSA) is 106 Å². The number of rotatable bonds is 5. The van der Waals surface area contributed by atoms with Crippen molar-refractivity contribution in [1.82, 2.24) is 15.2 Å². The summed E-state index contributed by atoms with van der Waals surface area (Å²) in [6.07, 6.45) is 2.62. The molecule has 0 saturated carbocycles. The van der Waals surface area contributed by atoms with E-state index in [1.165, 1.54) is 24.1 Å². The molecule has 0 bridgehead atoms. The zero-order valence-electron chi connectivity index (χ0n) is 12.9. The van der Waals surface area contributed by atoms with Gasteiger partial charge in [0.1, 0.15) is 6.20 Å². The van der Waals surface area contributed by atoms with Gasteiger partial charge in [0.05, 0.1) is 11.1 Å². The number of hydrogen-bond acceptors (Lipinski definition) is 6. The lowest BCUT2D eigenvalue weighted by Crippen LogP contribution is -2.19. The number of aryl methyl sites for hydroxylation is 1. The fourth-order valence-corrected chi connectivity index (χ4v) is 1.85. The maximum Gasteiger partial charge on any atom is 0.320 e. The van der Waals surface area contributed by atoms with Crippen molar-refractivity contribution in [3.63, 3.8) is 0 Å². The van der Waals surface area contributed by atoms with Gasteiger partial charge in [0.2, 0.25) is 5.69 Å². The Labute approximate surface area is 132 Å². The van der Waals surface area contributed by atoms with Gasteiger partial charge in [-0.25, -0.2) is 5.43 Å². The maximum absolute atomic E-state index is 11.9. The van der Waals surface area contributed by atoms with Gasteiger partial charge in [0.15, 0.2) is 0 Å². The van der Waals surface area contributed by atoms with Crippen molar-refractivity contribution in [2.45, 2.75) is 0 Å². The lowest BCUT2D eigenvalue weighted by Gasteiger charge is -2.11. The molecule has 0 unspecified atom stereocenters. The molecule has 23 heavy (non-hydrogen) atoms. The van der Waals surface area contributed by atoms with Gasteiger partial charge in [-0.1, -0.05) is 12.1 Å². The van der Waals surface area contributed by atoms with Crippen molar-refractivity contribution in [3.05, 3.63) is 51.8 Å². The Hall–Kier alpha value is -3.23. The highest BCUT2D eigenvalue weighted by Crippen LogP contribution is 2.15. The molecule has 0 saturated heterocycles. The zero-order chi connectivity index (χ0) is 17.0. The summed E-state index contributed by atoms with van der Waals surface area (Å²) in [6.45, 7) is 0. The van der Waals surface area contributed by atoms with Gasteiger partial charge in [-0.15, -0.1) is 0 Å². The highest BCUT2D eigenvalue weighted by Gasteiger charge is 2.24. The number of nitro groups is 1. The second kappa shape index (κ2) is 6.69. The predicted octanol–water partition coefficient (Wildman–Crippen LogP) is 1.16. The third kappa shape index (κ3) is 3.90. The molecule has 9 heteroatoms. The van der Waals surface area contributed by atoms with E-state index in [2.05, 4.69) is 15.6 Å². The molecular weight excluding hydrogens is 300 g/mol. The van der Waals surface area contributed by atoms with Gasteiger partial charge >= 0.3 is 5.69 Å². The van der Waals surface area contributed by atoms with Crippen molar-refractivity contribution >= 4 is 23.5 Å². The number of anilines is 1. The fraction of sp³-hybridized carbons (Fsp3) is 0.214. The van der Waals surface area contributed by atoms with Crippen LogP contribution in [0.2, 0.25) is 0 Å². The Morgan fingerprint density at radius 2 is 2.04 bits per heavy atom. The normalized spacial score (nSPS) is 10.7. The third-order valence-electron chi connectivity index (χ3n) is 3.01. The van der Waals surface area contributed by atoms with Gasteiger partial charge < -0.3 is 4.90 Å². The van der Waals surface area contributed by atoms with Gasteiger partial charge in [-0.3, -0.25) is 19.6 Å². The molecule has 1 amide bonds. The molecule has 0 fully saturated rings. The second-order valence-corrected chi connectivity index (χ2v) is 4.98. The van der Waals surface area contributed by atoms with Crippen LogP contribution < -0.4 is 10.3 Å². The number of carbonyl (C=O) groups is 1. The molecule has 2 aromatic rings. The Morgan fingerprint density at radius 1 is 1.39 bits per heavy atom. The first kappa shape index (κ1) is 16.1. The molecule has 1 heterocycles. The number of nitrogens with one attached hydrogen (secondary N) is 1. The first-order chi connectivity index (χ1) is 10.9. The van der Waals surface area contributed by atoms with Crippen molar-refractivity contribution in [2.24, 2.45) is 12.1 Å². The van der Waals surface area contributed by atoms with Gasteiger partial charge in [-0.05, 0) is 17.7 Å². The quantitative estimate of drug-likeness (QED) is 0.506. The van der Waals surface area contributed by atoms with Crippen LogP contribution in [0.25, 0.3) is 0 Å². The summed E-state index contributed by atoms with van der Waals surface area (Å²) >= 11 is 0. The number of amides is 1. The lowest BCUT2D eigenvalue weighted by molar-refractivity contribution is -0.385. The molecule has 0 radical (unpaired) electrons. The molecule has 0 atom stereocenters. The highest BCUT2D eigenvalue weighted by molar-refractivity contribution is 5.96. The molecule has 0 aliphatic heterocycles. The molecule has 1 N–H and O–H groups in total. The molecule has 9 nitrogen and oxygen atoms in total. The van der Waals surface area contributed by atoms with Gasteiger partial charge in [0.25, 0.3) is 5.91 Å². The zero-order valence-corrected chi connectivity index (χ0v) is 12.9. The van der Waals surface area contributed by atoms with Crippen LogP contribution in [0.3, 0.4) is 0 Å². The van der Waals surface area contributed by atoms with Crippen LogP contribution >= 0.6 is 0 Å². The molecule has 120 valence electrons. The van der Waals surface area contributed by atoms with E-state index in [0.717, 1.165) is 11.3 Å². The largest absolute Gasteiger partial charge is 0.378 e. The number of aromatic nitrogens is 2. The van der Waals surface area contributed by atoms with Crippen molar-refractivity contribution in [1.29, 1.82) is 0 Å².